The maximum atomic E-state index is 5.49. The number of hydrogen-bond acceptors (Lipinski definition) is 9. The summed E-state index contributed by atoms with van der Waals surface area (Å²) in [5, 5.41) is 13.8. The van der Waals surface area contributed by atoms with Crippen LogP contribution in [0.15, 0.2) is 64.4 Å². The van der Waals surface area contributed by atoms with Gasteiger partial charge in [0, 0.05) is 19.3 Å². The number of pyridine rings is 1. The van der Waals surface area contributed by atoms with E-state index in [2.05, 4.69) is 46.9 Å². The van der Waals surface area contributed by atoms with Gasteiger partial charge in [-0.3, -0.25) is 9.55 Å². The van der Waals surface area contributed by atoms with Gasteiger partial charge in [-0.2, -0.15) is 4.98 Å². The molecule has 0 N–H and O–H groups in total. The molecule has 1 aromatic carbocycles. The van der Waals surface area contributed by atoms with Crippen molar-refractivity contribution in [3.8, 4) is 11.5 Å². The second-order valence-electron chi connectivity index (χ2n) is 6.97. The highest BCUT2D eigenvalue weighted by Gasteiger charge is 2.21. The van der Waals surface area contributed by atoms with Crippen LogP contribution in [0.4, 0.5) is 5.95 Å². The van der Waals surface area contributed by atoms with E-state index in [4.69, 9.17) is 9.26 Å². The smallest absolute Gasteiger partial charge is 0.237 e. The average Bonchev–Trinajstić information content (AvgIpc) is 3.47. The molecule has 4 aromatic rings. The van der Waals surface area contributed by atoms with Crippen LogP contribution in [0, 0.1) is 0 Å². The molecule has 0 aliphatic carbocycles. The topological polar surface area (TPSA) is 95.0 Å². The van der Waals surface area contributed by atoms with Gasteiger partial charge in [-0.1, -0.05) is 53.3 Å². The van der Waals surface area contributed by atoms with Crippen LogP contribution in [0.3, 0.4) is 0 Å². The van der Waals surface area contributed by atoms with Gasteiger partial charge in [0.05, 0.1) is 25.5 Å². The van der Waals surface area contributed by atoms with Gasteiger partial charge < -0.3 is 14.2 Å². The highest BCUT2D eigenvalue weighted by molar-refractivity contribution is 7.98. The molecule has 1 saturated heterocycles. The SMILES string of the molecule is c1ccc(Cn2c(SCc3nc(-c4ccccn4)no3)nnc2N2CCOCC2)cc1. The Hall–Kier alpha value is -3.24. The molecule has 0 atom stereocenters. The summed E-state index contributed by atoms with van der Waals surface area (Å²) < 4.78 is 13.0. The van der Waals surface area contributed by atoms with E-state index < -0.39 is 0 Å². The quantitative estimate of drug-likeness (QED) is 0.406. The fourth-order valence-corrected chi connectivity index (χ4v) is 4.10. The van der Waals surface area contributed by atoms with Crippen LogP contribution < -0.4 is 4.90 Å². The molecule has 158 valence electrons. The van der Waals surface area contributed by atoms with E-state index in [-0.39, 0.29) is 0 Å². The third-order valence-corrected chi connectivity index (χ3v) is 5.81. The lowest BCUT2D eigenvalue weighted by Gasteiger charge is -2.28. The summed E-state index contributed by atoms with van der Waals surface area (Å²) in [5.74, 6) is 2.36. The van der Waals surface area contributed by atoms with E-state index in [1.54, 1.807) is 6.20 Å². The van der Waals surface area contributed by atoms with Gasteiger partial charge in [-0.05, 0) is 17.7 Å². The van der Waals surface area contributed by atoms with Gasteiger partial charge in [-0.25, -0.2) is 0 Å². The molecule has 5 rings (SSSR count). The number of anilines is 1. The predicted molar refractivity (Wildman–Crippen MR) is 116 cm³/mol. The second-order valence-corrected chi connectivity index (χ2v) is 7.91. The molecule has 4 heterocycles. The van der Waals surface area contributed by atoms with Gasteiger partial charge >= 0.3 is 0 Å². The van der Waals surface area contributed by atoms with Crippen molar-refractivity contribution in [2.75, 3.05) is 31.2 Å². The fraction of sp³-hybridized carbons (Fsp3) is 0.286. The molecule has 31 heavy (non-hydrogen) atoms. The molecule has 0 bridgehead atoms. The minimum absolute atomic E-state index is 0.482. The summed E-state index contributed by atoms with van der Waals surface area (Å²) >= 11 is 1.53. The Morgan fingerprint density at radius 2 is 1.81 bits per heavy atom. The van der Waals surface area contributed by atoms with Gasteiger partial charge in [0.2, 0.25) is 17.7 Å². The van der Waals surface area contributed by atoms with Gasteiger partial charge in [0.15, 0.2) is 5.16 Å². The first-order valence-corrected chi connectivity index (χ1v) is 11.0. The number of aromatic nitrogens is 6. The molecule has 3 aromatic heterocycles. The van der Waals surface area contributed by atoms with E-state index in [1.807, 2.05) is 36.4 Å². The normalized spacial score (nSPS) is 14.1. The standard InChI is InChI=1S/C21H21N7O2S/c1-2-6-16(7-3-1)14-28-20(27-10-12-29-13-11-27)24-25-21(28)31-15-18-23-19(26-30-18)17-8-4-5-9-22-17/h1-9H,10-15H2. The summed E-state index contributed by atoms with van der Waals surface area (Å²) in [5.41, 5.74) is 1.87. The Balaban J connectivity index is 1.36. The van der Waals surface area contributed by atoms with Crippen molar-refractivity contribution >= 4 is 17.7 Å². The van der Waals surface area contributed by atoms with E-state index in [0.29, 0.717) is 42.9 Å². The largest absolute Gasteiger partial charge is 0.378 e. The first-order chi connectivity index (χ1) is 15.4. The molecule has 1 aliphatic heterocycles. The molecular weight excluding hydrogens is 414 g/mol. The van der Waals surface area contributed by atoms with Crippen molar-refractivity contribution in [1.82, 2.24) is 29.9 Å². The van der Waals surface area contributed by atoms with Crippen molar-refractivity contribution < 1.29 is 9.26 Å². The molecular formula is C21H21N7O2S. The zero-order valence-corrected chi connectivity index (χ0v) is 17.6. The Morgan fingerprint density at radius 1 is 0.968 bits per heavy atom. The number of benzene rings is 1. The first kappa shape index (κ1) is 19.7. The number of nitrogens with zero attached hydrogens (tertiary/aromatic N) is 7. The number of morpholine rings is 1. The lowest BCUT2D eigenvalue weighted by molar-refractivity contribution is 0.121. The monoisotopic (exact) mass is 435 g/mol. The summed E-state index contributed by atoms with van der Waals surface area (Å²) in [6, 6.07) is 15.9. The predicted octanol–water partition coefficient (Wildman–Crippen LogP) is 2.90. The maximum Gasteiger partial charge on any atom is 0.237 e. The average molecular weight is 436 g/mol. The van der Waals surface area contributed by atoms with Crippen LogP contribution >= 0.6 is 11.8 Å². The van der Waals surface area contributed by atoms with Crippen molar-refractivity contribution in [2.24, 2.45) is 0 Å². The fourth-order valence-electron chi connectivity index (χ4n) is 3.33. The van der Waals surface area contributed by atoms with E-state index in [0.717, 1.165) is 24.2 Å². The second kappa shape index (κ2) is 9.27. The van der Waals surface area contributed by atoms with Crippen molar-refractivity contribution in [3.05, 3.63) is 66.2 Å². The van der Waals surface area contributed by atoms with Crippen LogP contribution in [-0.4, -0.2) is 56.2 Å². The summed E-state index contributed by atoms with van der Waals surface area (Å²) in [4.78, 5) is 10.9. The minimum Gasteiger partial charge on any atom is -0.378 e. The zero-order valence-electron chi connectivity index (χ0n) is 16.8. The van der Waals surface area contributed by atoms with E-state index in [1.165, 1.54) is 17.3 Å². The summed E-state index contributed by atoms with van der Waals surface area (Å²) in [6.07, 6.45) is 1.71. The Labute approximate surface area is 183 Å². The molecule has 1 aliphatic rings. The van der Waals surface area contributed by atoms with Crippen LogP contribution in [-0.2, 0) is 17.0 Å². The lowest BCUT2D eigenvalue weighted by Crippen LogP contribution is -2.38. The van der Waals surface area contributed by atoms with Crippen molar-refractivity contribution in [3.63, 3.8) is 0 Å². The Bertz CT molecular complexity index is 1110. The number of ether oxygens (including phenoxy) is 1. The van der Waals surface area contributed by atoms with Gasteiger partial charge in [-0.15, -0.1) is 10.2 Å². The molecule has 9 nitrogen and oxygen atoms in total. The molecule has 0 saturated carbocycles. The van der Waals surface area contributed by atoms with Crippen molar-refractivity contribution in [2.45, 2.75) is 17.5 Å². The molecule has 0 spiro atoms. The van der Waals surface area contributed by atoms with Crippen molar-refractivity contribution in [1.29, 1.82) is 0 Å². The van der Waals surface area contributed by atoms with Crippen LogP contribution in [0.5, 0.6) is 0 Å². The first-order valence-electron chi connectivity index (χ1n) is 10.0. The highest BCUT2D eigenvalue weighted by Crippen LogP contribution is 2.27. The van der Waals surface area contributed by atoms with Gasteiger partial charge in [0.1, 0.15) is 5.69 Å². The molecule has 0 unspecified atom stereocenters. The van der Waals surface area contributed by atoms with E-state index in [9.17, 15) is 0 Å². The molecule has 1 fully saturated rings. The minimum atomic E-state index is 0.482. The maximum absolute atomic E-state index is 5.49. The highest BCUT2D eigenvalue weighted by atomic mass is 32.2. The zero-order chi connectivity index (χ0) is 20.9. The van der Waals surface area contributed by atoms with E-state index >= 15 is 0 Å². The van der Waals surface area contributed by atoms with Crippen LogP contribution in [0.2, 0.25) is 0 Å². The number of rotatable bonds is 7. The lowest BCUT2D eigenvalue weighted by atomic mass is 10.2. The Morgan fingerprint density at radius 3 is 2.61 bits per heavy atom. The summed E-state index contributed by atoms with van der Waals surface area (Å²) in [7, 11) is 0. The van der Waals surface area contributed by atoms with Gasteiger partial charge in [0.25, 0.3) is 0 Å². The third kappa shape index (κ3) is 4.59. The molecule has 0 radical (unpaired) electrons. The van der Waals surface area contributed by atoms with Crippen LogP contribution in [0.25, 0.3) is 11.5 Å². The number of thioether (sulfide) groups is 1. The third-order valence-electron chi connectivity index (χ3n) is 4.86. The molecule has 0 amide bonds. The number of hydrogen-bond donors (Lipinski definition) is 0. The summed E-state index contributed by atoms with van der Waals surface area (Å²) in [6.45, 7) is 3.67. The van der Waals surface area contributed by atoms with Crippen LogP contribution in [0.1, 0.15) is 11.5 Å². The molecule has 10 heteroatoms. The Kier molecular flexibility index (Phi) is 5.90.